The van der Waals surface area contributed by atoms with Crippen LogP contribution in [0.2, 0.25) is 0 Å². The average Bonchev–Trinajstić information content (AvgIpc) is 1.69. The third-order valence-electron chi connectivity index (χ3n) is 0.638. The summed E-state index contributed by atoms with van der Waals surface area (Å²) in [4.78, 5) is 3.92. The molecule has 35 valence electrons. The molecule has 0 N–H and O–H groups in total. The van der Waals surface area contributed by atoms with Gasteiger partial charge in [0.05, 0.1) is 0 Å². The molecular formula is C5H4CrN. The first-order valence-corrected chi connectivity index (χ1v) is 2.61. The molecule has 0 aliphatic rings. The Hall–Kier alpha value is -0.318. The van der Waals surface area contributed by atoms with Gasteiger partial charge in [-0.15, -0.1) is 0 Å². The molecule has 7 heavy (non-hydrogen) atoms. The van der Waals surface area contributed by atoms with E-state index in [9.17, 15) is 0 Å². The second-order valence-electron chi connectivity index (χ2n) is 1.17. The fourth-order valence-electron chi connectivity index (χ4n) is 0.347. The maximum atomic E-state index is 3.92. The van der Waals surface area contributed by atoms with Gasteiger partial charge in [-0.3, -0.25) is 0 Å². The quantitative estimate of drug-likeness (QED) is 0.490. The van der Waals surface area contributed by atoms with Crippen LogP contribution in [-0.2, 0) is 16.3 Å². The van der Waals surface area contributed by atoms with Gasteiger partial charge in [0.25, 0.3) is 0 Å². The molecule has 1 aromatic heterocycles. The van der Waals surface area contributed by atoms with Gasteiger partial charge in [-0.25, -0.2) is 0 Å². The van der Waals surface area contributed by atoms with Gasteiger partial charge in [0.15, 0.2) is 0 Å². The molecule has 0 aliphatic carbocycles. The summed E-state index contributed by atoms with van der Waals surface area (Å²) in [5, 5.41) is 0. The van der Waals surface area contributed by atoms with E-state index in [2.05, 4.69) is 21.3 Å². The predicted octanol–water partition coefficient (Wildman–Crippen LogP) is 0.254. The number of pyridine rings is 1. The van der Waals surface area contributed by atoms with Crippen molar-refractivity contribution < 1.29 is 16.3 Å². The van der Waals surface area contributed by atoms with Crippen LogP contribution in [0.5, 0.6) is 0 Å². The predicted molar refractivity (Wildman–Crippen MR) is 23.9 cm³/mol. The fourth-order valence-corrected chi connectivity index (χ4v) is 0.565. The number of nitrogens with zero attached hydrogens (tertiary/aromatic N) is 1. The minimum atomic E-state index is 0.947. The average molecular weight is 130 g/mol. The molecule has 0 atom stereocenters. The van der Waals surface area contributed by atoms with Crippen molar-refractivity contribution in [1.29, 1.82) is 0 Å². The Morgan fingerprint density at radius 3 is 2.57 bits per heavy atom. The van der Waals surface area contributed by atoms with Crippen molar-refractivity contribution in [2.75, 3.05) is 0 Å². The van der Waals surface area contributed by atoms with Crippen LogP contribution in [-0.4, -0.2) is 4.98 Å². The molecule has 0 unspecified atom stereocenters. The molecule has 0 saturated carbocycles. The summed E-state index contributed by atoms with van der Waals surface area (Å²) in [6.07, 6.45) is 1.76. The van der Waals surface area contributed by atoms with Crippen molar-refractivity contribution in [3.05, 3.63) is 24.4 Å². The molecule has 0 amide bonds. The molecule has 2 heteroatoms. The summed E-state index contributed by atoms with van der Waals surface area (Å²) >= 11 is 2.79. The van der Waals surface area contributed by atoms with Gasteiger partial charge in [0, 0.05) is 0 Å². The van der Waals surface area contributed by atoms with E-state index in [1.54, 1.807) is 6.20 Å². The van der Waals surface area contributed by atoms with Crippen LogP contribution in [0, 0.1) is 0 Å². The molecule has 1 heterocycles. The van der Waals surface area contributed by atoms with E-state index >= 15 is 0 Å². The zero-order valence-electron chi connectivity index (χ0n) is 3.66. The monoisotopic (exact) mass is 130 g/mol. The van der Waals surface area contributed by atoms with Crippen LogP contribution >= 0.6 is 0 Å². The SMILES string of the molecule is [Cr][c]1ccccn1. The Morgan fingerprint density at radius 1 is 1.43 bits per heavy atom. The summed E-state index contributed by atoms with van der Waals surface area (Å²) in [5.41, 5.74) is 0. The van der Waals surface area contributed by atoms with Crippen molar-refractivity contribution in [2.24, 2.45) is 0 Å². The van der Waals surface area contributed by atoms with E-state index in [1.807, 2.05) is 18.2 Å². The zero-order chi connectivity index (χ0) is 5.11. The van der Waals surface area contributed by atoms with E-state index in [-0.39, 0.29) is 0 Å². The topological polar surface area (TPSA) is 12.9 Å². The van der Waals surface area contributed by atoms with Crippen LogP contribution in [0.3, 0.4) is 0 Å². The van der Waals surface area contributed by atoms with Crippen molar-refractivity contribution in [1.82, 2.24) is 4.98 Å². The molecule has 1 rings (SSSR count). The molecule has 1 nitrogen and oxygen atoms in total. The number of hydrogen-bond acceptors (Lipinski definition) is 1. The van der Waals surface area contributed by atoms with Gasteiger partial charge in [-0.1, -0.05) is 0 Å². The number of aromatic nitrogens is 1. The van der Waals surface area contributed by atoms with Crippen LogP contribution in [0.15, 0.2) is 24.4 Å². The first-order valence-electron chi connectivity index (χ1n) is 1.97. The molecule has 0 radical (unpaired) electrons. The van der Waals surface area contributed by atoms with E-state index in [1.165, 1.54) is 0 Å². The molecule has 1 aromatic rings. The van der Waals surface area contributed by atoms with Gasteiger partial charge < -0.3 is 0 Å². The van der Waals surface area contributed by atoms with Crippen molar-refractivity contribution in [3.8, 4) is 0 Å². The molecule has 0 aliphatic heterocycles. The minimum absolute atomic E-state index is 0.947. The van der Waals surface area contributed by atoms with Crippen LogP contribution in [0.1, 0.15) is 0 Å². The summed E-state index contributed by atoms with van der Waals surface area (Å²) in [6, 6.07) is 5.75. The van der Waals surface area contributed by atoms with Crippen LogP contribution in [0.4, 0.5) is 0 Å². The second kappa shape index (κ2) is 2.11. The van der Waals surface area contributed by atoms with Gasteiger partial charge >= 0.3 is 50.2 Å². The molecule has 0 fully saturated rings. The normalized spacial score (nSPS) is 8.57. The molecule has 0 bridgehead atoms. The molecule has 0 aromatic carbocycles. The Balaban J connectivity index is 3.02. The maximum absolute atomic E-state index is 3.92. The fraction of sp³-hybridized carbons (Fsp3) is 0. The Kier molecular flexibility index (Phi) is 1.46. The second-order valence-corrected chi connectivity index (χ2v) is 1.82. The molecule has 0 saturated heterocycles. The number of hydrogen-bond donors (Lipinski definition) is 0. The summed E-state index contributed by atoms with van der Waals surface area (Å²) < 4.78 is 0.947. The Morgan fingerprint density at radius 2 is 2.29 bits per heavy atom. The van der Waals surface area contributed by atoms with E-state index in [0.29, 0.717) is 0 Å². The van der Waals surface area contributed by atoms with Crippen molar-refractivity contribution in [3.63, 3.8) is 0 Å². The van der Waals surface area contributed by atoms with Crippen LogP contribution < -0.4 is 4.56 Å². The van der Waals surface area contributed by atoms with Crippen LogP contribution in [0.25, 0.3) is 0 Å². The van der Waals surface area contributed by atoms with Crippen molar-refractivity contribution >= 4 is 4.56 Å². The Labute approximate surface area is 50.8 Å². The third-order valence-corrected chi connectivity index (χ3v) is 1.01. The zero-order valence-corrected chi connectivity index (χ0v) is 4.94. The molecule has 0 spiro atoms. The first-order chi connectivity index (χ1) is 3.39. The van der Waals surface area contributed by atoms with Gasteiger partial charge in [-0.2, -0.15) is 0 Å². The van der Waals surface area contributed by atoms with E-state index < -0.39 is 0 Å². The summed E-state index contributed by atoms with van der Waals surface area (Å²) in [7, 11) is 0. The Bertz CT molecular complexity index is 138. The van der Waals surface area contributed by atoms with Gasteiger partial charge in [-0.05, 0) is 0 Å². The number of rotatable bonds is 0. The summed E-state index contributed by atoms with van der Waals surface area (Å²) in [6.45, 7) is 0. The van der Waals surface area contributed by atoms with E-state index in [0.717, 1.165) is 4.56 Å². The van der Waals surface area contributed by atoms with Gasteiger partial charge in [0.2, 0.25) is 0 Å². The van der Waals surface area contributed by atoms with E-state index in [4.69, 9.17) is 0 Å². The third kappa shape index (κ3) is 1.31. The van der Waals surface area contributed by atoms with Crippen molar-refractivity contribution in [2.45, 2.75) is 0 Å². The van der Waals surface area contributed by atoms with Gasteiger partial charge in [0.1, 0.15) is 0 Å². The molecular weight excluding hydrogens is 126 g/mol. The first kappa shape index (κ1) is 4.83. The summed E-state index contributed by atoms with van der Waals surface area (Å²) in [5.74, 6) is 0. The standard InChI is InChI=1S/C5H4N.Cr/c1-2-4-6-5-3-1;/h1-4H;.